The SMILES string of the molecule is C=CCOc1ccc(-c2c(C#N)c(N)nc(SCc3ccn[nH]3)c2C#N)cc1. The Bertz CT molecular complexity index is 1060. The Morgan fingerprint density at radius 1 is 1.18 bits per heavy atom. The Morgan fingerprint density at radius 2 is 1.93 bits per heavy atom. The molecule has 2 aromatic heterocycles. The molecule has 2 heterocycles. The highest BCUT2D eigenvalue weighted by Gasteiger charge is 2.20. The van der Waals surface area contributed by atoms with E-state index in [1.807, 2.05) is 6.07 Å². The maximum atomic E-state index is 9.79. The number of pyridine rings is 1. The van der Waals surface area contributed by atoms with E-state index in [-0.39, 0.29) is 11.4 Å². The average Bonchev–Trinajstić information content (AvgIpc) is 3.24. The summed E-state index contributed by atoms with van der Waals surface area (Å²) in [7, 11) is 0. The minimum Gasteiger partial charge on any atom is -0.490 e. The first kappa shape index (κ1) is 19.0. The van der Waals surface area contributed by atoms with Crippen molar-refractivity contribution in [1.29, 1.82) is 10.5 Å². The Hall–Kier alpha value is -3.75. The Balaban J connectivity index is 2.04. The van der Waals surface area contributed by atoms with Crippen molar-refractivity contribution in [3.8, 4) is 29.0 Å². The molecule has 0 unspecified atom stereocenters. The number of hydrogen-bond donors (Lipinski definition) is 2. The average molecular weight is 388 g/mol. The van der Waals surface area contributed by atoms with Gasteiger partial charge in [0.25, 0.3) is 0 Å². The number of H-pyrrole nitrogens is 1. The number of nitrogens with zero attached hydrogens (tertiary/aromatic N) is 4. The molecule has 3 N–H and O–H groups in total. The fourth-order valence-corrected chi connectivity index (χ4v) is 3.48. The minimum absolute atomic E-state index is 0.0931. The number of rotatable bonds is 7. The van der Waals surface area contributed by atoms with Crippen molar-refractivity contribution in [1.82, 2.24) is 15.2 Å². The summed E-state index contributed by atoms with van der Waals surface area (Å²) in [6.45, 7) is 4.01. The van der Waals surface area contributed by atoms with Gasteiger partial charge in [0.05, 0.1) is 5.56 Å². The molecule has 0 aliphatic carbocycles. The topological polar surface area (TPSA) is 124 Å². The Labute approximate surface area is 166 Å². The van der Waals surface area contributed by atoms with Gasteiger partial charge in [0, 0.05) is 23.2 Å². The van der Waals surface area contributed by atoms with Crippen LogP contribution in [-0.2, 0) is 5.75 Å². The molecule has 28 heavy (non-hydrogen) atoms. The van der Waals surface area contributed by atoms with E-state index >= 15 is 0 Å². The van der Waals surface area contributed by atoms with Crippen LogP contribution < -0.4 is 10.5 Å². The van der Waals surface area contributed by atoms with Gasteiger partial charge in [-0.25, -0.2) is 4.98 Å². The van der Waals surface area contributed by atoms with Crippen LogP contribution in [0.5, 0.6) is 5.75 Å². The molecule has 8 heteroatoms. The molecule has 0 aliphatic rings. The summed E-state index contributed by atoms with van der Waals surface area (Å²) in [6, 6.07) is 13.2. The van der Waals surface area contributed by atoms with Gasteiger partial charge in [0.2, 0.25) is 0 Å². The molecule has 0 bridgehead atoms. The minimum atomic E-state index is 0.0931. The van der Waals surface area contributed by atoms with Gasteiger partial charge in [-0.2, -0.15) is 15.6 Å². The molecular weight excluding hydrogens is 372 g/mol. The third-order valence-electron chi connectivity index (χ3n) is 3.85. The Kier molecular flexibility index (Phi) is 5.95. The molecule has 0 atom stereocenters. The number of ether oxygens (including phenoxy) is 1. The number of anilines is 1. The molecule has 3 aromatic rings. The number of benzene rings is 1. The number of aromatic nitrogens is 3. The second kappa shape index (κ2) is 8.76. The number of hydrogen-bond acceptors (Lipinski definition) is 7. The van der Waals surface area contributed by atoms with E-state index in [1.165, 1.54) is 11.8 Å². The van der Waals surface area contributed by atoms with E-state index in [0.717, 1.165) is 5.69 Å². The largest absolute Gasteiger partial charge is 0.490 e. The fraction of sp³-hybridized carbons (Fsp3) is 0.100. The van der Waals surface area contributed by atoms with Crippen LogP contribution in [0.3, 0.4) is 0 Å². The lowest BCUT2D eigenvalue weighted by Crippen LogP contribution is -2.03. The molecule has 138 valence electrons. The van der Waals surface area contributed by atoms with Gasteiger partial charge in [-0.05, 0) is 23.8 Å². The molecule has 0 saturated carbocycles. The molecule has 0 saturated heterocycles. The van der Waals surface area contributed by atoms with E-state index in [9.17, 15) is 10.5 Å². The molecule has 0 radical (unpaired) electrons. The summed E-state index contributed by atoms with van der Waals surface area (Å²) in [4.78, 5) is 4.28. The summed E-state index contributed by atoms with van der Waals surface area (Å²) in [5.41, 5.74) is 8.58. The van der Waals surface area contributed by atoms with Crippen LogP contribution in [0.4, 0.5) is 5.82 Å². The highest BCUT2D eigenvalue weighted by Crippen LogP contribution is 2.36. The molecule has 0 spiro atoms. The molecule has 0 aliphatic heterocycles. The zero-order valence-corrected chi connectivity index (χ0v) is 15.7. The Morgan fingerprint density at radius 3 is 2.54 bits per heavy atom. The van der Waals surface area contributed by atoms with Crippen LogP contribution in [0, 0.1) is 22.7 Å². The van der Waals surface area contributed by atoms with Crippen molar-refractivity contribution >= 4 is 17.6 Å². The second-order valence-electron chi connectivity index (χ2n) is 5.65. The highest BCUT2D eigenvalue weighted by atomic mass is 32.2. The predicted octanol–water partition coefficient (Wildman–Crippen LogP) is 3.65. The third kappa shape index (κ3) is 3.98. The molecule has 0 amide bonds. The lowest BCUT2D eigenvalue weighted by molar-refractivity contribution is 0.363. The maximum Gasteiger partial charge on any atom is 0.143 e. The van der Waals surface area contributed by atoms with Crippen LogP contribution in [0.25, 0.3) is 11.1 Å². The number of nitrogen functional groups attached to an aromatic ring is 1. The van der Waals surface area contributed by atoms with E-state index in [0.29, 0.717) is 39.8 Å². The smallest absolute Gasteiger partial charge is 0.143 e. The van der Waals surface area contributed by atoms with Crippen LogP contribution in [-0.4, -0.2) is 21.8 Å². The first-order valence-corrected chi connectivity index (χ1v) is 9.25. The molecule has 7 nitrogen and oxygen atoms in total. The van der Waals surface area contributed by atoms with Crippen molar-refractivity contribution in [2.75, 3.05) is 12.3 Å². The highest BCUT2D eigenvalue weighted by molar-refractivity contribution is 7.98. The van der Waals surface area contributed by atoms with Gasteiger partial charge in [0.15, 0.2) is 0 Å². The van der Waals surface area contributed by atoms with E-state index in [4.69, 9.17) is 10.5 Å². The van der Waals surface area contributed by atoms with Gasteiger partial charge in [0.1, 0.15) is 40.9 Å². The summed E-state index contributed by atoms with van der Waals surface area (Å²) in [5, 5.41) is 26.6. The lowest BCUT2D eigenvalue weighted by Gasteiger charge is -2.13. The van der Waals surface area contributed by atoms with Crippen molar-refractivity contribution in [2.24, 2.45) is 0 Å². The zero-order valence-electron chi connectivity index (χ0n) is 14.8. The van der Waals surface area contributed by atoms with Gasteiger partial charge in [-0.3, -0.25) is 5.10 Å². The first-order chi connectivity index (χ1) is 13.7. The molecule has 3 rings (SSSR count). The van der Waals surface area contributed by atoms with Gasteiger partial charge < -0.3 is 10.5 Å². The van der Waals surface area contributed by atoms with Gasteiger partial charge >= 0.3 is 0 Å². The van der Waals surface area contributed by atoms with Crippen LogP contribution in [0.2, 0.25) is 0 Å². The first-order valence-electron chi connectivity index (χ1n) is 8.26. The van der Waals surface area contributed by atoms with Crippen molar-refractivity contribution in [3.63, 3.8) is 0 Å². The normalized spacial score (nSPS) is 10.1. The number of aromatic amines is 1. The predicted molar refractivity (Wildman–Crippen MR) is 107 cm³/mol. The number of thioether (sulfide) groups is 1. The van der Waals surface area contributed by atoms with Gasteiger partial charge in [-0.15, -0.1) is 0 Å². The van der Waals surface area contributed by atoms with Crippen LogP contribution in [0.1, 0.15) is 16.8 Å². The van der Waals surface area contributed by atoms with E-state index in [1.54, 1.807) is 36.5 Å². The molecule has 0 fully saturated rings. The van der Waals surface area contributed by atoms with Crippen molar-refractivity contribution in [2.45, 2.75) is 10.8 Å². The maximum absolute atomic E-state index is 9.79. The zero-order chi connectivity index (χ0) is 19.9. The van der Waals surface area contributed by atoms with Crippen LogP contribution >= 0.6 is 11.8 Å². The quantitative estimate of drug-likeness (QED) is 0.467. The summed E-state index contributed by atoms with van der Waals surface area (Å²) >= 11 is 1.36. The molecular formula is C20H16N6OS. The fourth-order valence-electron chi connectivity index (χ4n) is 2.58. The summed E-state index contributed by atoms with van der Waals surface area (Å²) < 4.78 is 5.49. The van der Waals surface area contributed by atoms with Crippen LogP contribution in [0.15, 0.2) is 54.2 Å². The lowest BCUT2D eigenvalue weighted by atomic mass is 9.97. The van der Waals surface area contributed by atoms with E-state index in [2.05, 4.69) is 33.9 Å². The molecule has 1 aromatic carbocycles. The van der Waals surface area contributed by atoms with Gasteiger partial charge in [-0.1, -0.05) is 36.5 Å². The summed E-state index contributed by atoms with van der Waals surface area (Å²) in [6.07, 6.45) is 3.31. The standard InChI is InChI=1S/C20H16N6OS/c1-2-9-27-15-5-3-13(4-6-15)18-16(10-21)19(23)25-20(17(18)11-22)28-12-14-7-8-24-26-14/h2-8H,1,9,12H2,(H2,23,25)(H,24,26). The number of nitrogens with two attached hydrogens (primary N) is 1. The number of nitrogens with one attached hydrogen (secondary N) is 1. The number of nitriles is 2. The third-order valence-corrected chi connectivity index (χ3v) is 4.87. The van der Waals surface area contributed by atoms with Crippen molar-refractivity contribution < 1.29 is 4.74 Å². The summed E-state index contributed by atoms with van der Waals surface area (Å²) in [5.74, 6) is 1.30. The van der Waals surface area contributed by atoms with E-state index < -0.39 is 0 Å². The monoisotopic (exact) mass is 388 g/mol. The van der Waals surface area contributed by atoms with Crippen molar-refractivity contribution in [3.05, 3.63) is 66.0 Å². The second-order valence-corrected chi connectivity index (χ2v) is 6.61.